The zero-order valence-electron chi connectivity index (χ0n) is 9.22. The summed E-state index contributed by atoms with van der Waals surface area (Å²) in [5, 5.41) is 3.08. The molecule has 3 heteroatoms. The van der Waals surface area contributed by atoms with Crippen LogP contribution in [0.4, 0.5) is 0 Å². The highest BCUT2D eigenvalue weighted by molar-refractivity contribution is 7.81. The van der Waals surface area contributed by atoms with Crippen LogP contribution >= 0.6 is 12.6 Å². The van der Waals surface area contributed by atoms with Crippen molar-refractivity contribution in [1.82, 2.24) is 5.32 Å². The summed E-state index contributed by atoms with van der Waals surface area (Å²) >= 11 is 4.30. The molecule has 0 aliphatic carbocycles. The molecule has 1 amide bonds. The third kappa shape index (κ3) is 5.19. The van der Waals surface area contributed by atoms with Crippen LogP contribution in [0.25, 0.3) is 0 Å². The molecule has 1 N–H and O–H groups in total. The van der Waals surface area contributed by atoms with Gasteiger partial charge >= 0.3 is 0 Å². The second-order valence-electron chi connectivity index (χ2n) is 4.49. The molecule has 0 saturated heterocycles. The van der Waals surface area contributed by atoms with Crippen molar-refractivity contribution in [3.05, 3.63) is 0 Å². The van der Waals surface area contributed by atoms with Crippen LogP contribution in [0, 0.1) is 5.92 Å². The molecule has 0 radical (unpaired) electrons. The molecule has 0 aromatic heterocycles. The Kier molecular flexibility index (Phi) is 4.82. The first-order valence-corrected chi connectivity index (χ1v) is 5.29. The van der Waals surface area contributed by atoms with E-state index in [4.69, 9.17) is 0 Å². The lowest BCUT2D eigenvalue weighted by atomic mass is 9.99. The third-order valence-electron chi connectivity index (χ3n) is 1.86. The van der Waals surface area contributed by atoms with Gasteiger partial charge in [0.15, 0.2) is 0 Å². The molecule has 13 heavy (non-hydrogen) atoms. The SMILES string of the molecule is CCC(C(=O)NC(C)(C)C)C(C)S. The minimum atomic E-state index is -0.146. The van der Waals surface area contributed by atoms with E-state index in [0.29, 0.717) is 0 Å². The number of thiol groups is 1. The van der Waals surface area contributed by atoms with Crippen molar-refractivity contribution in [1.29, 1.82) is 0 Å². The number of hydrogen-bond donors (Lipinski definition) is 2. The molecular formula is C10H21NOS. The number of carbonyl (C=O) groups excluding carboxylic acids is 1. The van der Waals surface area contributed by atoms with Crippen molar-refractivity contribution in [3.63, 3.8) is 0 Å². The third-order valence-corrected chi connectivity index (χ3v) is 2.22. The van der Waals surface area contributed by atoms with Crippen LogP contribution in [0.5, 0.6) is 0 Å². The van der Waals surface area contributed by atoms with Crippen molar-refractivity contribution < 1.29 is 4.79 Å². The normalized spacial score (nSPS) is 16.5. The van der Waals surface area contributed by atoms with Crippen molar-refractivity contribution >= 4 is 18.5 Å². The Morgan fingerprint density at radius 2 is 1.92 bits per heavy atom. The van der Waals surface area contributed by atoms with Crippen molar-refractivity contribution in [2.24, 2.45) is 5.92 Å². The summed E-state index contributed by atoms with van der Waals surface area (Å²) in [6, 6.07) is 0. The van der Waals surface area contributed by atoms with E-state index in [1.165, 1.54) is 0 Å². The van der Waals surface area contributed by atoms with E-state index >= 15 is 0 Å². The molecule has 0 aromatic carbocycles. The smallest absolute Gasteiger partial charge is 0.224 e. The van der Waals surface area contributed by atoms with E-state index in [0.717, 1.165) is 6.42 Å². The number of rotatable bonds is 3. The summed E-state index contributed by atoms with van der Waals surface area (Å²) in [5.74, 6) is 0.125. The molecule has 0 heterocycles. The Morgan fingerprint density at radius 1 is 1.46 bits per heavy atom. The van der Waals surface area contributed by atoms with Crippen LogP contribution in [0.1, 0.15) is 41.0 Å². The Hall–Kier alpha value is -0.180. The van der Waals surface area contributed by atoms with Gasteiger partial charge in [-0.2, -0.15) is 12.6 Å². The molecule has 0 aliphatic rings. The maximum Gasteiger partial charge on any atom is 0.224 e. The molecule has 0 fully saturated rings. The Morgan fingerprint density at radius 3 is 2.15 bits per heavy atom. The number of amides is 1. The molecule has 0 spiro atoms. The predicted molar refractivity (Wildman–Crippen MR) is 60.1 cm³/mol. The lowest BCUT2D eigenvalue weighted by molar-refractivity contribution is -0.126. The van der Waals surface area contributed by atoms with Crippen LogP contribution < -0.4 is 5.32 Å². The van der Waals surface area contributed by atoms with Gasteiger partial charge in [0, 0.05) is 16.7 Å². The summed E-state index contributed by atoms with van der Waals surface area (Å²) in [6.07, 6.45) is 0.840. The first kappa shape index (κ1) is 12.8. The zero-order chi connectivity index (χ0) is 10.6. The van der Waals surface area contributed by atoms with Crippen LogP contribution in [0.3, 0.4) is 0 Å². The first-order chi connectivity index (χ1) is 5.78. The van der Waals surface area contributed by atoms with E-state index in [1.54, 1.807) is 0 Å². The molecule has 0 aliphatic heterocycles. The topological polar surface area (TPSA) is 29.1 Å². The first-order valence-electron chi connectivity index (χ1n) is 4.78. The minimum absolute atomic E-state index is 0.0163. The minimum Gasteiger partial charge on any atom is -0.351 e. The van der Waals surface area contributed by atoms with Crippen LogP contribution in [-0.4, -0.2) is 16.7 Å². The number of hydrogen-bond acceptors (Lipinski definition) is 2. The van der Waals surface area contributed by atoms with Crippen LogP contribution in [0.2, 0.25) is 0 Å². The Labute approximate surface area is 86.9 Å². The average molecular weight is 203 g/mol. The quantitative estimate of drug-likeness (QED) is 0.677. The van der Waals surface area contributed by atoms with Gasteiger partial charge in [-0.15, -0.1) is 0 Å². The van der Waals surface area contributed by atoms with E-state index in [2.05, 4.69) is 17.9 Å². The lowest BCUT2D eigenvalue weighted by Crippen LogP contribution is -2.45. The molecule has 2 unspecified atom stereocenters. The molecule has 2 nitrogen and oxygen atoms in total. The fraction of sp³-hybridized carbons (Fsp3) is 0.900. The summed E-state index contributed by atoms with van der Waals surface area (Å²) in [5.41, 5.74) is -0.146. The van der Waals surface area contributed by atoms with E-state index in [-0.39, 0.29) is 22.6 Å². The summed E-state index contributed by atoms with van der Waals surface area (Å²) < 4.78 is 0. The Bertz CT molecular complexity index is 172. The van der Waals surface area contributed by atoms with Crippen LogP contribution in [-0.2, 0) is 4.79 Å². The van der Waals surface area contributed by atoms with Gasteiger partial charge in [0.25, 0.3) is 0 Å². The van der Waals surface area contributed by atoms with Gasteiger partial charge in [0.2, 0.25) is 5.91 Å². The molecule has 0 rings (SSSR count). The average Bonchev–Trinajstić information content (AvgIpc) is 1.82. The highest BCUT2D eigenvalue weighted by Crippen LogP contribution is 2.15. The van der Waals surface area contributed by atoms with Crippen molar-refractivity contribution in [2.75, 3.05) is 0 Å². The number of nitrogens with one attached hydrogen (secondary N) is 1. The summed E-state index contributed by atoms with van der Waals surface area (Å²) in [7, 11) is 0. The molecule has 0 saturated carbocycles. The van der Waals surface area contributed by atoms with Gasteiger partial charge in [-0.25, -0.2) is 0 Å². The maximum absolute atomic E-state index is 11.7. The van der Waals surface area contributed by atoms with Gasteiger partial charge < -0.3 is 5.32 Å². The Balaban J connectivity index is 4.23. The standard InChI is InChI=1S/C10H21NOS/c1-6-8(7(2)13)9(12)11-10(3,4)5/h7-8,13H,6H2,1-5H3,(H,11,12). The number of carbonyl (C=O) groups is 1. The van der Waals surface area contributed by atoms with Gasteiger partial charge in [0.1, 0.15) is 0 Å². The van der Waals surface area contributed by atoms with Crippen molar-refractivity contribution in [3.8, 4) is 0 Å². The molecule has 0 aromatic rings. The van der Waals surface area contributed by atoms with Crippen LogP contribution in [0.15, 0.2) is 0 Å². The fourth-order valence-corrected chi connectivity index (χ4v) is 1.55. The fourth-order valence-electron chi connectivity index (χ4n) is 1.21. The lowest BCUT2D eigenvalue weighted by Gasteiger charge is -2.25. The van der Waals surface area contributed by atoms with Crippen molar-refractivity contribution in [2.45, 2.75) is 51.8 Å². The highest BCUT2D eigenvalue weighted by Gasteiger charge is 2.24. The summed E-state index contributed by atoms with van der Waals surface area (Å²) in [6.45, 7) is 9.93. The van der Waals surface area contributed by atoms with E-state index in [9.17, 15) is 4.79 Å². The largest absolute Gasteiger partial charge is 0.351 e. The zero-order valence-corrected chi connectivity index (χ0v) is 10.1. The van der Waals surface area contributed by atoms with E-state index < -0.39 is 0 Å². The van der Waals surface area contributed by atoms with Gasteiger partial charge in [-0.3, -0.25) is 4.79 Å². The van der Waals surface area contributed by atoms with Gasteiger partial charge in [0.05, 0.1) is 0 Å². The molecule has 78 valence electrons. The monoisotopic (exact) mass is 203 g/mol. The van der Waals surface area contributed by atoms with Gasteiger partial charge in [-0.1, -0.05) is 13.8 Å². The molecule has 0 bridgehead atoms. The highest BCUT2D eigenvalue weighted by atomic mass is 32.1. The van der Waals surface area contributed by atoms with E-state index in [1.807, 2.05) is 34.6 Å². The summed E-state index contributed by atoms with van der Waals surface area (Å²) in [4.78, 5) is 11.7. The molecule has 2 atom stereocenters. The maximum atomic E-state index is 11.7. The second kappa shape index (κ2) is 4.89. The second-order valence-corrected chi connectivity index (χ2v) is 5.31. The molecular weight excluding hydrogens is 182 g/mol. The predicted octanol–water partition coefficient (Wildman–Crippen LogP) is 2.25. The van der Waals surface area contributed by atoms with Gasteiger partial charge in [-0.05, 0) is 27.2 Å².